The van der Waals surface area contributed by atoms with Crippen LogP contribution in [0.4, 0.5) is 5.69 Å². The normalized spacial score (nSPS) is 22.3. The first-order valence-electron chi connectivity index (χ1n) is 6.34. The predicted octanol–water partition coefficient (Wildman–Crippen LogP) is 4.33. The van der Waals surface area contributed by atoms with Gasteiger partial charge >= 0.3 is 0 Å². The molecule has 1 N–H and O–H groups in total. The van der Waals surface area contributed by atoms with Gasteiger partial charge in [0.15, 0.2) is 5.78 Å². The summed E-state index contributed by atoms with van der Waals surface area (Å²) in [6, 6.07) is 5.84. The first-order valence-corrected chi connectivity index (χ1v) is 6.72. The number of hydrogen-bond acceptors (Lipinski definition) is 2. The van der Waals surface area contributed by atoms with Crippen LogP contribution in [0, 0.1) is 12.8 Å². The third-order valence-electron chi connectivity index (χ3n) is 3.44. The van der Waals surface area contributed by atoms with E-state index < -0.39 is 0 Å². The first kappa shape index (κ1) is 13.2. The summed E-state index contributed by atoms with van der Waals surface area (Å²) < 4.78 is 0. The number of ketones is 1. The number of rotatable bonds is 2. The van der Waals surface area contributed by atoms with E-state index in [9.17, 15) is 4.79 Å². The van der Waals surface area contributed by atoms with E-state index in [4.69, 9.17) is 11.6 Å². The number of halogens is 1. The Morgan fingerprint density at radius 2 is 2.22 bits per heavy atom. The van der Waals surface area contributed by atoms with Crippen LogP contribution in [0.2, 0.25) is 5.02 Å². The molecule has 3 heteroatoms. The van der Waals surface area contributed by atoms with Crippen molar-refractivity contribution < 1.29 is 4.79 Å². The van der Waals surface area contributed by atoms with Gasteiger partial charge in [0.05, 0.1) is 10.7 Å². The number of allylic oxidation sites excluding steroid dienone is 1. The fourth-order valence-electron chi connectivity index (χ4n) is 2.24. The largest absolute Gasteiger partial charge is 0.360 e. The Morgan fingerprint density at radius 3 is 3.00 bits per heavy atom. The maximum absolute atomic E-state index is 12.0. The highest BCUT2D eigenvalue weighted by Gasteiger charge is 2.22. The van der Waals surface area contributed by atoms with Crippen LogP contribution >= 0.6 is 11.6 Å². The van der Waals surface area contributed by atoms with Gasteiger partial charge in [0.2, 0.25) is 0 Å². The van der Waals surface area contributed by atoms with Crippen LogP contribution in [0.1, 0.15) is 31.7 Å². The predicted molar refractivity (Wildman–Crippen MR) is 75.9 cm³/mol. The average Bonchev–Trinajstić information content (AvgIpc) is 2.36. The molecule has 2 nitrogen and oxygen atoms in total. The Morgan fingerprint density at radius 1 is 1.44 bits per heavy atom. The molecule has 96 valence electrons. The number of anilines is 1. The maximum atomic E-state index is 12.0. The van der Waals surface area contributed by atoms with Gasteiger partial charge in [-0.2, -0.15) is 0 Å². The van der Waals surface area contributed by atoms with Crippen LogP contribution < -0.4 is 5.32 Å². The van der Waals surface area contributed by atoms with Crippen molar-refractivity contribution in [1.29, 1.82) is 0 Å². The molecule has 0 spiro atoms. The molecule has 0 saturated heterocycles. The Balaban J connectivity index is 2.15. The van der Waals surface area contributed by atoms with Crippen LogP contribution in [0.15, 0.2) is 30.0 Å². The van der Waals surface area contributed by atoms with Crippen LogP contribution in [0.25, 0.3) is 0 Å². The third-order valence-corrected chi connectivity index (χ3v) is 3.94. The highest BCUT2D eigenvalue weighted by atomic mass is 35.5. The number of aryl methyl sites for hydroxylation is 1. The van der Waals surface area contributed by atoms with E-state index >= 15 is 0 Å². The molecule has 1 aliphatic carbocycles. The second-order valence-corrected chi connectivity index (χ2v) is 5.29. The third kappa shape index (κ3) is 2.75. The Bertz CT molecular complexity index is 493. The van der Waals surface area contributed by atoms with Gasteiger partial charge in [-0.05, 0) is 37.8 Å². The zero-order chi connectivity index (χ0) is 13.1. The summed E-state index contributed by atoms with van der Waals surface area (Å²) in [7, 11) is 0. The molecule has 1 aromatic rings. The van der Waals surface area contributed by atoms with Crippen molar-refractivity contribution in [1.82, 2.24) is 0 Å². The molecule has 0 bridgehead atoms. The summed E-state index contributed by atoms with van der Waals surface area (Å²) in [5.74, 6) is 0.414. The Labute approximate surface area is 113 Å². The van der Waals surface area contributed by atoms with Gasteiger partial charge in [-0.3, -0.25) is 4.79 Å². The molecule has 1 fully saturated rings. The van der Waals surface area contributed by atoms with Crippen molar-refractivity contribution in [3.63, 3.8) is 0 Å². The summed E-state index contributed by atoms with van der Waals surface area (Å²) in [6.07, 6.45) is 4.77. The van der Waals surface area contributed by atoms with Crippen LogP contribution in [0.3, 0.4) is 0 Å². The zero-order valence-corrected chi connectivity index (χ0v) is 11.6. The fraction of sp³-hybridized carbons (Fsp3) is 0.400. The Kier molecular flexibility index (Phi) is 4.07. The van der Waals surface area contributed by atoms with Gasteiger partial charge in [0, 0.05) is 17.7 Å². The van der Waals surface area contributed by atoms with Crippen LogP contribution in [0.5, 0.6) is 0 Å². The van der Waals surface area contributed by atoms with Gasteiger partial charge in [0.25, 0.3) is 0 Å². The molecule has 0 aliphatic heterocycles. The van der Waals surface area contributed by atoms with Gasteiger partial charge in [-0.25, -0.2) is 0 Å². The van der Waals surface area contributed by atoms with E-state index in [1.54, 1.807) is 0 Å². The van der Waals surface area contributed by atoms with Crippen molar-refractivity contribution in [2.45, 2.75) is 33.1 Å². The van der Waals surface area contributed by atoms with Crippen molar-refractivity contribution >= 4 is 23.1 Å². The van der Waals surface area contributed by atoms with Crippen molar-refractivity contribution in [3.8, 4) is 0 Å². The zero-order valence-electron chi connectivity index (χ0n) is 10.8. The number of hydrogen-bond donors (Lipinski definition) is 1. The lowest BCUT2D eigenvalue weighted by Crippen LogP contribution is -2.19. The molecule has 1 saturated carbocycles. The highest BCUT2D eigenvalue weighted by molar-refractivity contribution is 6.34. The summed E-state index contributed by atoms with van der Waals surface area (Å²) in [5.41, 5.74) is 2.77. The molecule has 0 aromatic heterocycles. The SMILES string of the molecule is Cc1cccc(N/C=C2/CCC[C@@H](C)C2=O)c1Cl. The lowest BCUT2D eigenvalue weighted by molar-refractivity contribution is -0.119. The molecule has 2 rings (SSSR count). The van der Waals surface area contributed by atoms with E-state index in [1.165, 1.54) is 0 Å². The van der Waals surface area contributed by atoms with Crippen molar-refractivity contribution in [2.24, 2.45) is 5.92 Å². The second-order valence-electron chi connectivity index (χ2n) is 4.91. The van der Waals surface area contributed by atoms with E-state index in [0.29, 0.717) is 5.02 Å². The molecule has 0 amide bonds. The van der Waals surface area contributed by atoms with Gasteiger partial charge < -0.3 is 5.32 Å². The van der Waals surface area contributed by atoms with E-state index in [-0.39, 0.29) is 11.7 Å². The minimum Gasteiger partial charge on any atom is -0.360 e. The lowest BCUT2D eigenvalue weighted by Gasteiger charge is -2.19. The smallest absolute Gasteiger partial charge is 0.163 e. The molecule has 0 unspecified atom stereocenters. The molecule has 1 aliphatic rings. The number of carbonyl (C=O) groups excluding carboxylic acids is 1. The second kappa shape index (κ2) is 5.57. The average molecular weight is 264 g/mol. The first-order chi connectivity index (χ1) is 8.59. The summed E-state index contributed by atoms with van der Waals surface area (Å²) in [5, 5.41) is 3.87. The minimum atomic E-state index is 0.153. The maximum Gasteiger partial charge on any atom is 0.163 e. The van der Waals surface area contributed by atoms with Crippen LogP contribution in [-0.4, -0.2) is 5.78 Å². The monoisotopic (exact) mass is 263 g/mol. The number of carbonyl (C=O) groups is 1. The molecule has 0 heterocycles. The topological polar surface area (TPSA) is 29.1 Å². The number of benzene rings is 1. The van der Waals surface area contributed by atoms with E-state index in [2.05, 4.69) is 5.32 Å². The molecule has 0 radical (unpaired) electrons. The molecule has 1 aromatic carbocycles. The number of nitrogens with one attached hydrogen (secondary N) is 1. The van der Waals surface area contributed by atoms with Crippen molar-refractivity contribution in [3.05, 3.63) is 40.6 Å². The summed E-state index contributed by atoms with van der Waals surface area (Å²) in [4.78, 5) is 12.0. The highest BCUT2D eigenvalue weighted by Crippen LogP contribution is 2.27. The standard InChI is InChI=1S/C15H18ClNO/c1-10-5-4-8-13(14(10)16)17-9-12-7-3-6-11(2)15(12)18/h4-5,8-9,11,17H,3,6-7H2,1-2H3/b12-9-/t11-/m1/s1. The lowest BCUT2D eigenvalue weighted by atomic mass is 9.86. The Hall–Kier alpha value is -1.28. The van der Waals surface area contributed by atoms with E-state index in [0.717, 1.165) is 36.1 Å². The van der Waals surface area contributed by atoms with Crippen molar-refractivity contribution in [2.75, 3.05) is 5.32 Å². The quantitative estimate of drug-likeness (QED) is 0.805. The molecular weight excluding hydrogens is 246 g/mol. The van der Waals surface area contributed by atoms with Gasteiger partial charge in [0.1, 0.15) is 0 Å². The summed E-state index contributed by atoms with van der Waals surface area (Å²) >= 11 is 6.20. The van der Waals surface area contributed by atoms with Gasteiger partial charge in [-0.1, -0.05) is 30.7 Å². The summed E-state index contributed by atoms with van der Waals surface area (Å²) in [6.45, 7) is 3.96. The molecule has 1 atom stereocenters. The van der Waals surface area contributed by atoms with Crippen LogP contribution in [-0.2, 0) is 4.79 Å². The van der Waals surface area contributed by atoms with E-state index in [1.807, 2.05) is 38.2 Å². The fourth-order valence-corrected chi connectivity index (χ4v) is 2.42. The molecular formula is C15H18ClNO. The van der Waals surface area contributed by atoms with Gasteiger partial charge in [-0.15, -0.1) is 0 Å². The molecule has 18 heavy (non-hydrogen) atoms. The number of Topliss-reactive ketones (excluding diaryl/α,β-unsaturated/α-hetero) is 1. The minimum absolute atomic E-state index is 0.153.